The van der Waals surface area contributed by atoms with Crippen molar-refractivity contribution in [1.29, 1.82) is 0 Å². The second-order valence-corrected chi connectivity index (χ2v) is 7.38. The van der Waals surface area contributed by atoms with E-state index in [0.717, 1.165) is 0 Å². The molecule has 0 heterocycles. The van der Waals surface area contributed by atoms with E-state index in [1.807, 2.05) is 30.3 Å². The third kappa shape index (κ3) is 6.16. The van der Waals surface area contributed by atoms with E-state index < -0.39 is 0 Å². The van der Waals surface area contributed by atoms with Crippen molar-refractivity contribution in [3.8, 4) is 22.3 Å². The Morgan fingerprint density at radius 2 is 1.06 bits per heavy atom. The van der Waals surface area contributed by atoms with Crippen molar-refractivity contribution in [2.45, 2.75) is 0 Å². The molecule has 0 aliphatic heterocycles. The minimum absolute atomic E-state index is 0. The molecule has 6 aromatic carbocycles. The molecule has 0 spiro atoms. The summed E-state index contributed by atoms with van der Waals surface area (Å²) in [5.74, 6) is 0. The summed E-state index contributed by atoms with van der Waals surface area (Å²) in [6.45, 7) is 0. The van der Waals surface area contributed by atoms with Gasteiger partial charge in [0.2, 0.25) is 0 Å². The Kier molecular flexibility index (Phi) is 12.3. The largest absolute Gasteiger partial charge is 2.00 e. The monoisotopic (exact) mass is 557 g/mol. The van der Waals surface area contributed by atoms with E-state index in [-0.39, 0.29) is 58.4 Å². The van der Waals surface area contributed by atoms with Crippen LogP contribution >= 0.6 is 0 Å². The quantitative estimate of drug-likeness (QED) is 0.287. The summed E-state index contributed by atoms with van der Waals surface area (Å²) >= 11 is 0. The van der Waals surface area contributed by atoms with Gasteiger partial charge in [-0.15, -0.1) is 33.7 Å². The number of hydrogen-bond donors (Lipinski definition) is 0. The van der Waals surface area contributed by atoms with Crippen LogP contribution in [0.25, 0.3) is 43.8 Å². The molecule has 0 unspecified atom stereocenters. The maximum Gasteiger partial charge on any atom is 2.00 e. The standard InChI is InChI=1S/C25H17.C5H5.CH3.2ClH.Zr/c1-3-9-18(10-4-1)22-15-16-23-21-14-8-7-13-20(21)17-24(23)25(22)19-11-5-2-6-12-19;1-2-4-5-3-1;;;;/h1-17H;1-5H;1H3;2*1H;/q3*-1;;;+2/p-2. The molecule has 3 heteroatoms. The molecule has 0 fully saturated rings. The number of rotatable bonds is 2. The zero-order chi connectivity index (χ0) is 20.2. The summed E-state index contributed by atoms with van der Waals surface area (Å²) in [6, 6.07) is 46.9. The van der Waals surface area contributed by atoms with Crippen molar-refractivity contribution in [2.24, 2.45) is 0 Å². The molecule has 0 bridgehead atoms. The third-order valence-electron chi connectivity index (χ3n) is 5.50. The summed E-state index contributed by atoms with van der Waals surface area (Å²) in [7, 11) is 0. The van der Waals surface area contributed by atoms with Gasteiger partial charge < -0.3 is 32.2 Å². The van der Waals surface area contributed by atoms with Crippen molar-refractivity contribution in [3.05, 3.63) is 141 Å². The zero-order valence-corrected chi connectivity index (χ0v) is 22.9. The minimum atomic E-state index is 0. The number of hydrogen-bond acceptors (Lipinski definition) is 0. The fraction of sp³-hybridized carbons (Fsp3) is 0. The van der Waals surface area contributed by atoms with Crippen LogP contribution in [0.1, 0.15) is 0 Å². The third-order valence-corrected chi connectivity index (χ3v) is 5.50. The molecular weight excluding hydrogens is 534 g/mol. The van der Waals surface area contributed by atoms with Crippen molar-refractivity contribution >= 4 is 21.5 Å². The van der Waals surface area contributed by atoms with E-state index in [0.29, 0.717) is 0 Å². The zero-order valence-electron chi connectivity index (χ0n) is 19.0. The van der Waals surface area contributed by atoms with Crippen LogP contribution in [0.3, 0.4) is 0 Å². The van der Waals surface area contributed by atoms with Gasteiger partial charge in [-0.2, -0.15) is 18.2 Å². The number of fused-ring (bicyclic) bond motifs is 3. The van der Waals surface area contributed by atoms with E-state index in [4.69, 9.17) is 0 Å². The van der Waals surface area contributed by atoms with Gasteiger partial charge >= 0.3 is 26.2 Å². The molecule has 34 heavy (non-hydrogen) atoms. The molecule has 0 radical (unpaired) electrons. The molecule has 0 aliphatic carbocycles. The smallest absolute Gasteiger partial charge is 1.00 e. The van der Waals surface area contributed by atoms with Crippen molar-refractivity contribution in [2.75, 3.05) is 0 Å². The van der Waals surface area contributed by atoms with E-state index in [2.05, 4.69) is 103 Å². The van der Waals surface area contributed by atoms with Crippen molar-refractivity contribution in [1.82, 2.24) is 0 Å². The van der Waals surface area contributed by atoms with Crippen LogP contribution in [0.5, 0.6) is 0 Å². The van der Waals surface area contributed by atoms with Crippen LogP contribution in [0.15, 0.2) is 133 Å². The van der Waals surface area contributed by atoms with Crippen molar-refractivity contribution < 1.29 is 51.0 Å². The summed E-state index contributed by atoms with van der Waals surface area (Å²) in [5, 5.41) is 5.29. The Bertz CT molecular complexity index is 1350. The molecule has 0 N–H and O–H groups in total. The predicted molar refractivity (Wildman–Crippen MR) is 136 cm³/mol. The average Bonchev–Trinajstić information content (AvgIpc) is 3.51. The Morgan fingerprint density at radius 1 is 0.500 bits per heavy atom. The molecule has 0 aromatic heterocycles. The van der Waals surface area contributed by atoms with Crippen LogP contribution in [0.4, 0.5) is 0 Å². The summed E-state index contributed by atoms with van der Waals surface area (Å²) in [6.07, 6.45) is 0. The summed E-state index contributed by atoms with van der Waals surface area (Å²) in [4.78, 5) is 0. The van der Waals surface area contributed by atoms with Crippen LogP contribution in [0, 0.1) is 7.43 Å². The minimum Gasteiger partial charge on any atom is -1.00 e. The van der Waals surface area contributed by atoms with Gasteiger partial charge in [0.1, 0.15) is 0 Å². The van der Waals surface area contributed by atoms with Gasteiger partial charge in [-0.25, -0.2) is 12.1 Å². The molecule has 0 atom stereocenters. The topological polar surface area (TPSA) is 0 Å². The fourth-order valence-corrected chi connectivity index (χ4v) is 4.12. The SMILES string of the molecule is [CH3-].[Cl-].[Cl-].[Zr+2].c1cc[cH-]c1.c1ccc(-c2ccc3c([cH-]c4ccccc43)c2-c2ccccc2)cc1. The normalized spacial score (nSPS) is 9.41. The van der Waals surface area contributed by atoms with Crippen LogP contribution in [-0.4, -0.2) is 0 Å². The maximum atomic E-state index is 2.33. The number of benzene rings is 4. The first-order valence-corrected chi connectivity index (χ1v) is 10.3. The molecule has 6 aromatic rings. The Balaban J connectivity index is 0.000000577. The molecular formula is C31H25Cl2Zr-3. The van der Waals surface area contributed by atoms with E-state index in [1.54, 1.807) is 0 Å². The summed E-state index contributed by atoms with van der Waals surface area (Å²) in [5.41, 5.74) is 5.13. The van der Waals surface area contributed by atoms with Gasteiger partial charge in [0.25, 0.3) is 0 Å². The van der Waals surface area contributed by atoms with Crippen LogP contribution < -0.4 is 24.8 Å². The van der Waals surface area contributed by atoms with E-state index >= 15 is 0 Å². The second kappa shape index (κ2) is 14.1. The maximum absolute atomic E-state index is 2.33. The average molecular weight is 560 g/mol. The van der Waals surface area contributed by atoms with E-state index in [9.17, 15) is 0 Å². The summed E-state index contributed by atoms with van der Waals surface area (Å²) < 4.78 is 0. The van der Waals surface area contributed by atoms with Crippen LogP contribution in [-0.2, 0) is 26.2 Å². The Labute approximate surface area is 234 Å². The number of halogens is 2. The van der Waals surface area contributed by atoms with Gasteiger partial charge in [0.05, 0.1) is 0 Å². The van der Waals surface area contributed by atoms with Crippen LogP contribution in [0.2, 0.25) is 0 Å². The van der Waals surface area contributed by atoms with Gasteiger partial charge in [0, 0.05) is 0 Å². The molecule has 170 valence electrons. The molecule has 0 nitrogen and oxygen atoms in total. The van der Waals surface area contributed by atoms with Gasteiger partial charge in [-0.1, -0.05) is 102 Å². The first-order valence-electron chi connectivity index (χ1n) is 10.3. The molecule has 6 rings (SSSR count). The molecule has 0 saturated carbocycles. The first-order chi connectivity index (χ1) is 14.9. The fourth-order valence-electron chi connectivity index (χ4n) is 4.12. The first kappa shape index (κ1) is 29.6. The van der Waals surface area contributed by atoms with Gasteiger partial charge in [-0.05, 0) is 11.1 Å². The second-order valence-electron chi connectivity index (χ2n) is 7.38. The van der Waals surface area contributed by atoms with Gasteiger partial charge in [-0.3, -0.25) is 0 Å². The van der Waals surface area contributed by atoms with E-state index in [1.165, 1.54) is 43.8 Å². The van der Waals surface area contributed by atoms with Crippen molar-refractivity contribution in [3.63, 3.8) is 0 Å². The molecule has 0 amide bonds. The van der Waals surface area contributed by atoms with Gasteiger partial charge in [0.15, 0.2) is 0 Å². The Morgan fingerprint density at radius 3 is 1.65 bits per heavy atom. The molecule has 0 saturated heterocycles. The molecule has 0 aliphatic rings. The predicted octanol–water partition coefficient (Wildman–Crippen LogP) is 2.91. The Hall–Kier alpha value is -2.44.